The molecule has 2 aromatic heterocycles. The maximum absolute atomic E-state index is 14.4. The summed E-state index contributed by atoms with van der Waals surface area (Å²) in [6.07, 6.45) is 3.70. The van der Waals surface area contributed by atoms with Crippen LogP contribution >= 0.6 is 0 Å². The molecule has 2 aliphatic heterocycles. The van der Waals surface area contributed by atoms with Crippen LogP contribution in [0.5, 0.6) is 5.75 Å². The molecule has 0 saturated carbocycles. The van der Waals surface area contributed by atoms with Crippen LogP contribution in [0.4, 0.5) is 16.0 Å². The average molecular weight is 427 g/mol. The van der Waals surface area contributed by atoms with Crippen molar-refractivity contribution >= 4 is 23.2 Å². The molecule has 4 heterocycles. The zero-order valence-corrected chi connectivity index (χ0v) is 16.8. The van der Waals surface area contributed by atoms with Crippen molar-refractivity contribution < 1.29 is 18.7 Å². The third kappa shape index (κ3) is 4.01. The van der Waals surface area contributed by atoms with E-state index in [1.807, 2.05) is 4.90 Å². The van der Waals surface area contributed by atoms with E-state index in [2.05, 4.69) is 25.8 Å². The summed E-state index contributed by atoms with van der Waals surface area (Å²) < 4.78 is 26.9. The lowest BCUT2D eigenvalue weighted by molar-refractivity contribution is -0.118. The number of rotatable bonds is 6. The van der Waals surface area contributed by atoms with Crippen molar-refractivity contribution in [1.29, 1.82) is 0 Å². The van der Waals surface area contributed by atoms with Gasteiger partial charge in [0.15, 0.2) is 5.65 Å². The number of fused-ring (bicyclic) bond motifs is 2. The van der Waals surface area contributed by atoms with Gasteiger partial charge >= 0.3 is 0 Å². The van der Waals surface area contributed by atoms with Crippen LogP contribution in [0.25, 0.3) is 5.65 Å². The van der Waals surface area contributed by atoms with E-state index in [4.69, 9.17) is 9.47 Å². The monoisotopic (exact) mass is 427 g/mol. The van der Waals surface area contributed by atoms with Gasteiger partial charge in [0.1, 0.15) is 23.6 Å². The summed E-state index contributed by atoms with van der Waals surface area (Å²) in [7, 11) is 0. The zero-order chi connectivity index (χ0) is 21.2. The van der Waals surface area contributed by atoms with Crippen molar-refractivity contribution in [1.82, 2.24) is 24.5 Å². The van der Waals surface area contributed by atoms with Crippen molar-refractivity contribution in [2.24, 2.45) is 0 Å². The predicted octanol–water partition coefficient (Wildman–Crippen LogP) is 1.08. The van der Waals surface area contributed by atoms with Crippen molar-refractivity contribution in [3.8, 4) is 5.75 Å². The number of anilines is 2. The Bertz CT molecular complexity index is 1110. The van der Waals surface area contributed by atoms with Gasteiger partial charge in [-0.1, -0.05) is 0 Å². The van der Waals surface area contributed by atoms with Gasteiger partial charge < -0.3 is 20.1 Å². The summed E-state index contributed by atoms with van der Waals surface area (Å²) in [5, 5.41) is 14.0. The van der Waals surface area contributed by atoms with Crippen LogP contribution in [0.2, 0.25) is 0 Å². The van der Waals surface area contributed by atoms with Crippen molar-refractivity contribution in [3.63, 3.8) is 0 Å². The normalized spacial score (nSPS) is 16.2. The first-order chi connectivity index (χ1) is 15.2. The number of nitrogens with zero attached hydrogens (tertiary/aromatic N) is 5. The number of carbonyl (C=O) groups excluding carboxylic acids is 1. The zero-order valence-electron chi connectivity index (χ0n) is 16.8. The maximum atomic E-state index is 14.4. The van der Waals surface area contributed by atoms with Gasteiger partial charge in [0, 0.05) is 37.2 Å². The van der Waals surface area contributed by atoms with Gasteiger partial charge in [-0.3, -0.25) is 9.69 Å². The number of ether oxygens (including phenoxy) is 2. The molecule has 162 valence electrons. The van der Waals surface area contributed by atoms with E-state index in [0.29, 0.717) is 49.1 Å². The Morgan fingerprint density at radius 2 is 2.10 bits per heavy atom. The van der Waals surface area contributed by atoms with Crippen LogP contribution in [0.1, 0.15) is 11.1 Å². The Morgan fingerprint density at radius 3 is 2.97 bits per heavy atom. The first-order valence-corrected chi connectivity index (χ1v) is 10.1. The Labute approximate surface area is 177 Å². The first-order valence-electron chi connectivity index (χ1n) is 10.1. The number of amides is 1. The van der Waals surface area contributed by atoms with Crippen LogP contribution in [0.3, 0.4) is 0 Å². The van der Waals surface area contributed by atoms with Gasteiger partial charge in [0.25, 0.3) is 0 Å². The lowest BCUT2D eigenvalue weighted by atomic mass is 10.0. The first kappa shape index (κ1) is 19.6. The number of morpholine rings is 1. The minimum absolute atomic E-state index is 0.156. The highest BCUT2D eigenvalue weighted by Crippen LogP contribution is 2.30. The van der Waals surface area contributed by atoms with Crippen LogP contribution < -0.4 is 15.4 Å². The molecule has 11 heteroatoms. The molecule has 1 fully saturated rings. The summed E-state index contributed by atoms with van der Waals surface area (Å²) in [6.45, 7) is 3.76. The molecule has 2 N–H and O–H groups in total. The largest absolute Gasteiger partial charge is 0.493 e. The Hall–Kier alpha value is -3.31. The van der Waals surface area contributed by atoms with Crippen molar-refractivity contribution in [3.05, 3.63) is 41.6 Å². The summed E-state index contributed by atoms with van der Waals surface area (Å²) in [4.78, 5) is 18.9. The lowest BCUT2D eigenvalue weighted by Crippen LogP contribution is -2.41. The molecule has 1 aromatic carbocycles. The molecule has 1 saturated heterocycles. The fourth-order valence-electron chi connectivity index (χ4n) is 3.86. The highest BCUT2D eigenvalue weighted by molar-refractivity contribution is 5.95. The fourth-order valence-corrected chi connectivity index (χ4v) is 3.86. The highest BCUT2D eigenvalue weighted by atomic mass is 19.1. The molecular formula is C20H22FN7O3. The van der Waals surface area contributed by atoms with E-state index < -0.39 is 0 Å². The van der Waals surface area contributed by atoms with Crippen molar-refractivity contribution in [2.45, 2.75) is 13.0 Å². The molecule has 2 aliphatic rings. The molecule has 3 aromatic rings. The van der Waals surface area contributed by atoms with Crippen LogP contribution in [-0.2, 0) is 22.5 Å². The van der Waals surface area contributed by atoms with E-state index in [1.54, 1.807) is 10.5 Å². The van der Waals surface area contributed by atoms with Gasteiger partial charge in [0.05, 0.1) is 32.6 Å². The second kappa shape index (κ2) is 8.44. The number of carbonyl (C=O) groups is 1. The summed E-state index contributed by atoms with van der Waals surface area (Å²) in [5.74, 6) is 0.723. The summed E-state index contributed by atoms with van der Waals surface area (Å²) in [6, 6.07) is 3.07. The highest BCUT2D eigenvalue weighted by Gasteiger charge is 2.20. The van der Waals surface area contributed by atoms with E-state index in [1.165, 1.54) is 18.6 Å². The second-order valence-corrected chi connectivity index (χ2v) is 7.41. The fraction of sp³-hybridized carbons (Fsp3) is 0.400. The number of aromatic nitrogens is 4. The molecule has 0 bridgehead atoms. The molecule has 0 aliphatic carbocycles. The SMILES string of the molecule is O=C(CN1CCOCC1)Nc1cnc(NCc2c(F)ccc3c2CCO3)n2cnnc12. The van der Waals surface area contributed by atoms with Crippen LogP contribution in [0.15, 0.2) is 24.7 Å². The van der Waals surface area contributed by atoms with Crippen LogP contribution in [0, 0.1) is 5.82 Å². The summed E-state index contributed by atoms with van der Waals surface area (Å²) >= 11 is 0. The Balaban J connectivity index is 1.31. The van der Waals surface area contributed by atoms with E-state index in [0.717, 1.165) is 24.4 Å². The number of hydrogen-bond acceptors (Lipinski definition) is 8. The third-order valence-corrected chi connectivity index (χ3v) is 5.44. The van der Waals surface area contributed by atoms with Crippen molar-refractivity contribution in [2.75, 3.05) is 50.1 Å². The molecule has 0 radical (unpaired) electrons. The number of benzene rings is 1. The van der Waals surface area contributed by atoms with Gasteiger partial charge in [-0.2, -0.15) is 0 Å². The minimum atomic E-state index is -0.288. The molecular weight excluding hydrogens is 405 g/mol. The van der Waals surface area contributed by atoms with Gasteiger partial charge in [-0.15, -0.1) is 10.2 Å². The topological polar surface area (TPSA) is 106 Å². The third-order valence-electron chi connectivity index (χ3n) is 5.44. The van der Waals surface area contributed by atoms with E-state index in [9.17, 15) is 9.18 Å². The quantitative estimate of drug-likeness (QED) is 0.602. The average Bonchev–Trinajstić information content (AvgIpc) is 3.45. The van der Waals surface area contributed by atoms with E-state index >= 15 is 0 Å². The van der Waals surface area contributed by atoms with Crippen LogP contribution in [-0.4, -0.2) is 69.8 Å². The van der Waals surface area contributed by atoms with E-state index in [-0.39, 0.29) is 24.8 Å². The molecule has 0 atom stereocenters. The smallest absolute Gasteiger partial charge is 0.238 e. The van der Waals surface area contributed by atoms with Gasteiger partial charge in [-0.25, -0.2) is 13.8 Å². The molecule has 0 spiro atoms. The summed E-state index contributed by atoms with van der Waals surface area (Å²) in [5.41, 5.74) is 2.34. The molecule has 31 heavy (non-hydrogen) atoms. The van der Waals surface area contributed by atoms with Gasteiger partial charge in [0.2, 0.25) is 11.9 Å². The number of nitrogens with one attached hydrogen (secondary N) is 2. The molecule has 1 amide bonds. The molecule has 5 rings (SSSR count). The Kier molecular flexibility index (Phi) is 5.35. The molecule has 10 nitrogen and oxygen atoms in total. The van der Waals surface area contributed by atoms with Gasteiger partial charge in [-0.05, 0) is 12.1 Å². The molecule has 0 unspecified atom stereocenters. The predicted molar refractivity (Wildman–Crippen MR) is 110 cm³/mol. The standard InChI is InChI=1S/C20H22FN7O3/c21-15-1-2-17-13(3-6-31-17)14(15)9-22-20-23-10-16(19-26-24-12-28(19)20)25-18(29)11-27-4-7-30-8-5-27/h1-2,10,12H,3-9,11H2,(H,22,23)(H,25,29). The number of hydrogen-bond donors (Lipinski definition) is 2. The second-order valence-electron chi connectivity index (χ2n) is 7.41. The lowest BCUT2D eigenvalue weighted by Gasteiger charge is -2.25. The number of halogens is 1. The Morgan fingerprint density at radius 1 is 1.23 bits per heavy atom. The minimum Gasteiger partial charge on any atom is -0.493 e. The maximum Gasteiger partial charge on any atom is 0.238 e.